The van der Waals surface area contributed by atoms with Crippen LogP contribution >= 0.6 is 11.6 Å². The number of rotatable bonds is 6. The van der Waals surface area contributed by atoms with Crippen molar-refractivity contribution in [3.63, 3.8) is 0 Å². The molecule has 0 atom stereocenters. The maximum Gasteiger partial charge on any atom is 0.411 e. The van der Waals surface area contributed by atoms with Gasteiger partial charge in [0, 0.05) is 12.7 Å². The highest BCUT2D eigenvalue weighted by atomic mass is 35.5. The predicted octanol–water partition coefficient (Wildman–Crippen LogP) is 1.95. The van der Waals surface area contributed by atoms with Crippen molar-refractivity contribution >= 4 is 23.2 Å². The maximum absolute atomic E-state index is 11.8. The quantitative estimate of drug-likeness (QED) is 0.373. The van der Waals surface area contributed by atoms with E-state index in [0.717, 1.165) is 12.3 Å². The van der Waals surface area contributed by atoms with Gasteiger partial charge in [0.15, 0.2) is 0 Å². The van der Waals surface area contributed by atoms with Gasteiger partial charge in [0.2, 0.25) is 5.15 Å². The van der Waals surface area contributed by atoms with Gasteiger partial charge in [-0.3, -0.25) is 14.9 Å². The summed E-state index contributed by atoms with van der Waals surface area (Å²) in [6.45, 7) is -2.08. The zero-order chi connectivity index (χ0) is 16.0. The number of nitro groups is 1. The van der Waals surface area contributed by atoms with Crippen molar-refractivity contribution in [2.24, 2.45) is 0 Å². The van der Waals surface area contributed by atoms with Crippen molar-refractivity contribution in [2.75, 3.05) is 19.8 Å². The van der Waals surface area contributed by atoms with Crippen LogP contribution < -0.4 is 5.32 Å². The lowest BCUT2D eigenvalue weighted by molar-refractivity contribution is -0.385. The lowest BCUT2D eigenvalue weighted by Gasteiger charge is -2.08. The molecule has 0 aliphatic heterocycles. The van der Waals surface area contributed by atoms with Crippen molar-refractivity contribution < 1.29 is 27.6 Å². The fourth-order valence-electron chi connectivity index (χ4n) is 1.31. The first kappa shape index (κ1) is 17.1. The summed E-state index contributed by atoms with van der Waals surface area (Å²) >= 11 is 5.52. The molecule has 0 saturated heterocycles. The highest BCUT2D eigenvalue weighted by molar-refractivity contribution is 6.32. The molecule has 0 radical (unpaired) electrons. The van der Waals surface area contributed by atoms with Gasteiger partial charge < -0.3 is 10.1 Å². The zero-order valence-electron chi connectivity index (χ0n) is 10.3. The third-order valence-corrected chi connectivity index (χ3v) is 2.38. The smallest absolute Gasteiger partial charge is 0.370 e. The van der Waals surface area contributed by atoms with Crippen LogP contribution in [0.4, 0.5) is 18.9 Å². The van der Waals surface area contributed by atoms with E-state index < -0.39 is 41.1 Å². The number of aromatic nitrogens is 1. The molecule has 0 saturated carbocycles. The molecule has 0 spiro atoms. The van der Waals surface area contributed by atoms with Crippen LogP contribution in [0.2, 0.25) is 5.15 Å². The van der Waals surface area contributed by atoms with Gasteiger partial charge in [0.25, 0.3) is 5.91 Å². The number of hydrogen-bond acceptors (Lipinski definition) is 5. The first-order valence-corrected chi connectivity index (χ1v) is 5.82. The number of alkyl halides is 3. The summed E-state index contributed by atoms with van der Waals surface area (Å²) in [6.07, 6.45) is -3.36. The summed E-state index contributed by atoms with van der Waals surface area (Å²) in [7, 11) is 0. The van der Waals surface area contributed by atoms with Crippen LogP contribution in [0.3, 0.4) is 0 Å². The number of ether oxygens (including phenoxy) is 1. The number of pyridine rings is 1. The van der Waals surface area contributed by atoms with E-state index in [1.807, 2.05) is 0 Å². The lowest BCUT2D eigenvalue weighted by atomic mass is 10.2. The molecule has 1 aromatic heterocycles. The predicted molar refractivity (Wildman–Crippen MR) is 65.1 cm³/mol. The molecule has 1 amide bonds. The summed E-state index contributed by atoms with van der Waals surface area (Å²) in [6, 6.07) is 1.08. The number of hydrogen-bond donors (Lipinski definition) is 1. The molecular formula is C10H9ClF3N3O4. The Hall–Kier alpha value is -1.94. The van der Waals surface area contributed by atoms with E-state index in [-0.39, 0.29) is 12.1 Å². The zero-order valence-corrected chi connectivity index (χ0v) is 11.1. The van der Waals surface area contributed by atoms with Gasteiger partial charge in [-0.15, -0.1) is 0 Å². The summed E-state index contributed by atoms with van der Waals surface area (Å²) in [4.78, 5) is 25.1. The molecule has 1 heterocycles. The monoisotopic (exact) mass is 327 g/mol. The van der Waals surface area contributed by atoms with Crippen LogP contribution in [0.1, 0.15) is 10.4 Å². The second-order valence-electron chi connectivity index (χ2n) is 3.68. The van der Waals surface area contributed by atoms with Crippen molar-refractivity contribution in [1.29, 1.82) is 0 Å². The highest BCUT2D eigenvalue weighted by Gasteiger charge is 2.27. The van der Waals surface area contributed by atoms with Crippen LogP contribution in [0.15, 0.2) is 12.3 Å². The largest absolute Gasteiger partial charge is 0.411 e. The van der Waals surface area contributed by atoms with E-state index in [1.54, 1.807) is 0 Å². The van der Waals surface area contributed by atoms with Crippen LogP contribution in [-0.4, -0.2) is 41.7 Å². The van der Waals surface area contributed by atoms with E-state index in [1.165, 1.54) is 0 Å². The summed E-state index contributed by atoms with van der Waals surface area (Å²) < 4.78 is 39.6. The number of nitrogens with one attached hydrogen (secondary N) is 1. The number of nitrogens with zero attached hydrogens (tertiary/aromatic N) is 2. The van der Waals surface area contributed by atoms with Crippen LogP contribution in [-0.2, 0) is 4.74 Å². The molecule has 0 aromatic carbocycles. The number of halogens is 4. The summed E-state index contributed by atoms with van der Waals surface area (Å²) in [5, 5.41) is 12.5. The molecule has 0 fully saturated rings. The minimum Gasteiger partial charge on any atom is -0.370 e. The van der Waals surface area contributed by atoms with Gasteiger partial charge >= 0.3 is 11.9 Å². The second kappa shape index (κ2) is 7.18. The van der Waals surface area contributed by atoms with Gasteiger partial charge in [0.05, 0.1) is 11.5 Å². The molecular weight excluding hydrogens is 319 g/mol. The average Bonchev–Trinajstić information content (AvgIpc) is 2.35. The lowest BCUT2D eigenvalue weighted by Crippen LogP contribution is -2.29. The minimum atomic E-state index is -4.46. The third-order valence-electron chi connectivity index (χ3n) is 2.10. The molecule has 0 unspecified atom stereocenters. The van der Waals surface area contributed by atoms with Gasteiger partial charge in [0.1, 0.15) is 12.2 Å². The van der Waals surface area contributed by atoms with Gasteiger partial charge in [-0.05, 0) is 6.07 Å². The van der Waals surface area contributed by atoms with Crippen LogP contribution in [0.5, 0.6) is 0 Å². The first-order valence-electron chi connectivity index (χ1n) is 5.44. The molecule has 11 heteroatoms. The van der Waals surface area contributed by atoms with E-state index in [0.29, 0.717) is 0 Å². The van der Waals surface area contributed by atoms with Crippen LogP contribution in [0.25, 0.3) is 0 Å². The SMILES string of the molecule is O=C(NCCOCC(F)(F)F)c1ccnc(Cl)c1[N+](=O)[O-]. The Kier molecular flexibility index (Phi) is 5.85. The van der Waals surface area contributed by atoms with E-state index >= 15 is 0 Å². The topological polar surface area (TPSA) is 94.4 Å². The van der Waals surface area contributed by atoms with Crippen molar-refractivity contribution in [3.8, 4) is 0 Å². The first-order chi connectivity index (χ1) is 9.72. The molecule has 0 aliphatic carbocycles. The fraction of sp³-hybridized carbons (Fsp3) is 0.400. The maximum atomic E-state index is 11.8. The second-order valence-corrected chi connectivity index (χ2v) is 4.04. The fourth-order valence-corrected chi connectivity index (χ4v) is 1.53. The Morgan fingerprint density at radius 1 is 1.52 bits per heavy atom. The minimum absolute atomic E-state index is 0.244. The number of carbonyl (C=O) groups excluding carboxylic acids is 1. The number of amides is 1. The summed E-state index contributed by atoms with van der Waals surface area (Å²) in [5.74, 6) is -0.860. The van der Waals surface area contributed by atoms with Gasteiger partial charge in [-0.2, -0.15) is 13.2 Å². The van der Waals surface area contributed by atoms with E-state index in [2.05, 4.69) is 15.0 Å². The Labute approximate surface area is 121 Å². The molecule has 0 bridgehead atoms. The molecule has 7 nitrogen and oxygen atoms in total. The molecule has 1 rings (SSSR count). The van der Waals surface area contributed by atoms with Gasteiger partial charge in [-0.25, -0.2) is 4.98 Å². The molecule has 116 valence electrons. The molecule has 21 heavy (non-hydrogen) atoms. The molecule has 1 N–H and O–H groups in total. The van der Waals surface area contributed by atoms with Crippen molar-refractivity contribution in [1.82, 2.24) is 10.3 Å². The van der Waals surface area contributed by atoms with E-state index in [4.69, 9.17) is 11.6 Å². The highest BCUT2D eigenvalue weighted by Crippen LogP contribution is 2.25. The Morgan fingerprint density at radius 2 is 2.19 bits per heavy atom. The Bertz CT molecular complexity index is 539. The molecule has 0 aliphatic rings. The van der Waals surface area contributed by atoms with Crippen LogP contribution in [0, 0.1) is 10.1 Å². The molecule has 1 aromatic rings. The standard InChI is InChI=1S/C10H9ClF3N3O4/c11-8-7(17(19)20)6(1-2-15-8)9(18)16-3-4-21-5-10(12,13)14/h1-2H,3-5H2,(H,16,18). The average molecular weight is 328 g/mol. The third kappa shape index (κ3) is 5.52. The van der Waals surface area contributed by atoms with Crippen molar-refractivity contribution in [3.05, 3.63) is 33.1 Å². The van der Waals surface area contributed by atoms with Crippen molar-refractivity contribution in [2.45, 2.75) is 6.18 Å². The normalized spacial score (nSPS) is 11.2. The Morgan fingerprint density at radius 3 is 2.76 bits per heavy atom. The number of carbonyl (C=O) groups is 1. The van der Waals surface area contributed by atoms with Gasteiger partial charge in [-0.1, -0.05) is 11.6 Å². The Balaban J connectivity index is 2.57. The summed E-state index contributed by atoms with van der Waals surface area (Å²) in [5.41, 5.74) is -1.01. The van der Waals surface area contributed by atoms with E-state index in [9.17, 15) is 28.1 Å².